The van der Waals surface area contributed by atoms with Gasteiger partial charge in [0.1, 0.15) is 12.4 Å². The van der Waals surface area contributed by atoms with Crippen molar-refractivity contribution in [2.24, 2.45) is 0 Å². The Morgan fingerprint density at radius 1 is 1.61 bits per heavy atom. The van der Waals surface area contributed by atoms with Crippen LogP contribution in [0.4, 0.5) is 0 Å². The maximum absolute atomic E-state index is 9.62. The van der Waals surface area contributed by atoms with Gasteiger partial charge in [-0.1, -0.05) is 5.92 Å². The molecule has 2 N–H and O–H groups in total. The number of aliphatic hydroxyl groups excluding tert-OH is 1. The Bertz CT molecular complexity index is 335. The first kappa shape index (κ1) is 15.1. The minimum absolute atomic E-state index is 0.297. The highest BCUT2D eigenvalue weighted by Crippen LogP contribution is 2.02. The summed E-state index contributed by atoms with van der Waals surface area (Å²) in [5, 5.41) is 12.8. The zero-order valence-corrected chi connectivity index (χ0v) is 11.1. The molecule has 0 fully saturated rings. The van der Waals surface area contributed by atoms with Crippen LogP contribution in [-0.2, 0) is 11.3 Å². The van der Waals surface area contributed by atoms with E-state index in [9.17, 15) is 5.11 Å². The second kappa shape index (κ2) is 10.0. The van der Waals surface area contributed by atoms with Gasteiger partial charge in [-0.3, -0.25) is 0 Å². The fourth-order valence-corrected chi connectivity index (χ4v) is 1.84. The summed E-state index contributed by atoms with van der Waals surface area (Å²) >= 11 is 1.70. The summed E-state index contributed by atoms with van der Waals surface area (Å²) in [7, 11) is 0. The first-order chi connectivity index (χ1) is 8.83. The average Bonchev–Trinajstić information content (AvgIpc) is 2.87. The molecule has 0 radical (unpaired) electrons. The SMILES string of the molecule is C#CCSCCNCC(O)COCc1ccco1. The van der Waals surface area contributed by atoms with Crippen LogP contribution in [0.15, 0.2) is 22.8 Å². The lowest BCUT2D eigenvalue weighted by atomic mass is 10.4. The van der Waals surface area contributed by atoms with E-state index in [2.05, 4.69) is 11.2 Å². The van der Waals surface area contributed by atoms with Gasteiger partial charge in [0, 0.05) is 18.8 Å². The highest BCUT2D eigenvalue weighted by Gasteiger charge is 2.04. The predicted octanol–water partition coefficient (Wildman–Crippen LogP) is 1.11. The molecule has 1 atom stereocenters. The molecule has 1 unspecified atom stereocenters. The van der Waals surface area contributed by atoms with Crippen LogP contribution in [0.5, 0.6) is 0 Å². The van der Waals surface area contributed by atoms with Gasteiger partial charge in [-0.05, 0) is 12.1 Å². The molecule has 1 heterocycles. The van der Waals surface area contributed by atoms with Gasteiger partial charge in [0.25, 0.3) is 0 Å². The molecular formula is C13H19NO3S. The number of ether oxygens (including phenoxy) is 1. The van der Waals surface area contributed by atoms with E-state index in [1.54, 1.807) is 18.0 Å². The molecule has 0 aliphatic carbocycles. The second-order valence-corrected chi connectivity index (χ2v) is 4.81. The van der Waals surface area contributed by atoms with Crippen molar-refractivity contribution >= 4 is 11.8 Å². The molecule has 0 spiro atoms. The van der Waals surface area contributed by atoms with Gasteiger partial charge in [-0.25, -0.2) is 0 Å². The molecule has 4 nitrogen and oxygen atoms in total. The summed E-state index contributed by atoms with van der Waals surface area (Å²) in [5.74, 6) is 5.01. The molecule has 18 heavy (non-hydrogen) atoms. The Balaban J connectivity index is 1.91. The van der Waals surface area contributed by atoms with Gasteiger partial charge in [-0.2, -0.15) is 0 Å². The largest absolute Gasteiger partial charge is 0.467 e. The van der Waals surface area contributed by atoms with Crippen LogP contribution in [0.2, 0.25) is 0 Å². The number of hydrogen-bond donors (Lipinski definition) is 2. The number of thioether (sulfide) groups is 1. The maximum atomic E-state index is 9.62. The number of rotatable bonds is 10. The Hall–Kier alpha value is -0.930. The number of hydrogen-bond acceptors (Lipinski definition) is 5. The normalized spacial score (nSPS) is 12.2. The number of nitrogens with one attached hydrogen (secondary N) is 1. The summed E-state index contributed by atoms with van der Waals surface area (Å²) in [4.78, 5) is 0. The van der Waals surface area contributed by atoms with E-state index in [-0.39, 0.29) is 0 Å². The standard InChI is InChI=1S/C13H19NO3S/c1-2-7-18-8-5-14-9-12(15)10-16-11-13-4-3-6-17-13/h1,3-4,6,12,14-15H,5,7-11H2. The molecule has 1 aromatic heterocycles. The molecule has 0 saturated carbocycles. The van der Waals surface area contributed by atoms with Crippen LogP contribution in [0.25, 0.3) is 0 Å². The molecule has 0 aliphatic heterocycles. The smallest absolute Gasteiger partial charge is 0.129 e. The highest BCUT2D eigenvalue weighted by molar-refractivity contribution is 7.99. The first-order valence-corrected chi connectivity index (χ1v) is 6.98. The van der Waals surface area contributed by atoms with Gasteiger partial charge < -0.3 is 19.6 Å². The highest BCUT2D eigenvalue weighted by atomic mass is 32.2. The Labute approximate surface area is 112 Å². The third kappa shape index (κ3) is 7.41. The lowest BCUT2D eigenvalue weighted by Crippen LogP contribution is -2.31. The van der Waals surface area contributed by atoms with Gasteiger partial charge in [0.05, 0.1) is 24.7 Å². The van der Waals surface area contributed by atoms with Crippen molar-refractivity contribution in [1.29, 1.82) is 0 Å². The van der Waals surface area contributed by atoms with E-state index < -0.39 is 6.10 Å². The lowest BCUT2D eigenvalue weighted by Gasteiger charge is -2.11. The van der Waals surface area contributed by atoms with E-state index in [1.165, 1.54) is 0 Å². The van der Waals surface area contributed by atoms with Crippen LogP contribution >= 0.6 is 11.8 Å². The van der Waals surface area contributed by atoms with Crippen LogP contribution in [0, 0.1) is 12.3 Å². The molecule has 0 bridgehead atoms. The maximum Gasteiger partial charge on any atom is 0.129 e. The van der Waals surface area contributed by atoms with Crippen molar-refractivity contribution in [3.63, 3.8) is 0 Å². The Morgan fingerprint density at radius 2 is 2.50 bits per heavy atom. The quantitative estimate of drug-likeness (QED) is 0.492. The lowest BCUT2D eigenvalue weighted by molar-refractivity contribution is 0.0229. The van der Waals surface area contributed by atoms with Crippen LogP contribution in [-0.4, -0.2) is 42.4 Å². The minimum atomic E-state index is -0.502. The van der Waals surface area contributed by atoms with Gasteiger partial charge >= 0.3 is 0 Å². The van der Waals surface area contributed by atoms with E-state index in [0.717, 1.165) is 23.8 Å². The molecule has 0 aliphatic rings. The second-order valence-electron chi connectivity index (χ2n) is 3.71. The van der Waals surface area contributed by atoms with Crippen molar-refractivity contribution in [3.8, 4) is 12.3 Å². The zero-order chi connectivity index (χ0) is 13.1. The number of furan rings is 1. The summed E-state index contributed by atoms with van der Waals surface area (Å²) in [6.45, 7) is 2.05. The van der Waals surface area contributed by atoms with Crippen LogP contribution in [0.1, 0.15) is 5.76 Å². The predicted molar refractivity (Wildman–Crippen MR) is 73.4 cm³/mol. The summed E-state index contributed by atoms with van der Waals surface area (Å²) < 4.78 is 10.4. The Kier molecular flexibility index (Phi) is 8.43. The van der Waals surface area contributed by atoms with E-state index in [0.29, 0.717) is 19.8 Å². The third-order valence-corrected chi connectivity index (χ3v) is 2.99. The molecular weight excluding hydrogens is 250 g/mol. The van der Waals surface area contributed by atoms with Crippen molar-refractivity contribution in [2.45, 2.75) is 12.7 Å². The molecule has 100 valence electrons. The molecule has 5 heteroatoms. The van der Waals surface area contributed by atoms with Crippen molar-refractivity contribution in [1.82, 2.24) is 5.32 Å². The van der Waals surface area contributed by atoms with Gasteiger partial charge in [0.2, 0.25) is 0 Å². The molecule has 1 rings (SSSR count). The number of aliphatic hydroxyl groups is 1. The van der Waals surface area contributed by atoms with Crippen LogP contribution in [0.3, 0.4) is 0 Å². The fraction of sp³-hybridized carbons (Fsp3) is 0.538. The van der Waals surface area contributed by atoms with Crippen LogP contribution < -0.4 is 5.32 Å². The molecule has 0 aromatic carbocycles. The summed E-state index contributed by atoms with van der Waals surface area (Å²) in [6, 6.07) is 3.65. The third-order valence-electron chi connectivity index (χ3n) is 2.12. The van der Waals surface area contributed by atoms with Crippen molar-refractivity contribution in [2.75, 3.05) is 31.2 Å². The van der Waals surface area contributed by atoms with Crippen molar-refractivity contribution < 1.29 is 14.3 Å². The molecule has 1 aromatic rings. The fourth-order valence-electron chi connectivity index (χ4n) is 1.29. The van der Waals surface area contributed by atoms with Gasteiger partial charge in [-0.15, -0.1) is 18.2 Å². The zero-order valence-electron chi connectivity index (χ0n) is 10.3. The average molecular weight is 269 g/mol. The summed E-state index contributed by atoms with van der Waals surface area (Å²) in [5.41, 5.74) is 0. The first-order valence-electron chi connectivity index (χ1n) is 5.83. The topological polar surface area (TPSA) is 54.6 Å². The Morgan fingerprint density at radius 3 is 3.22 bits per heavy atom. The monoisotopic (exact) mass is 269 g/mol. The van der Waals surface area contributed by atoms with E-state index in [4.69, 9.17) is 15.6 Å². The van der Waals surface area contributed by atoms with Crippen molar-refractivity contribution in [3.05, 3.63) is 24.2 Å². The summed E-state index contributed by atoms with van der Waals surface area (Å²) in [6.07, 6.45) is 6.23. The minimum Gasteiger partial charge on any atom is -0.467 e. The molecule has 0 saturated heterocycles. The van der Waals surface area contributed by atoms with Gasteiger partial charge in [0.15, 0.2) is 0 Å². The van der Waals surface area contributed by atoms with E-state index >= 15 is 0 Å². The number of terminal acetylenes is 1. The molecule has 0 amide bonds. The van der Waals surface area contributed by atoms with E-state index in [1.807, 2.05) is 12.1 Å².